The van der Waals surface area contributed by atoms with Crippen LogP contribution in [-0.4, -0.2) is 19.2 Å². The quantitative estimate of drug-likeness (QED) is 0.697. The number of ether oxygens (including phenoxy) is 1. The highest BCUT2D eigenvalue weighted by Gasteiger charge is 2.04. The summed E-state index contributed by atoms with van der Waals surface area (Å²) in [7, 11) is 0. The summed E-state index contributed by atoms with van der Waals surface area (Å²) in [5.41, 5.74) is 0. The lowest BCUT2D eigenvalue weighted by molar-refractivity contribution is 0.303. The first-order valence-electron chi connectivity index (χ1n) is 6.80. The van der Waals surface area contributed by atoms with Gasteiger partial charge in [-0.25, -0.2) is 0 Å². The number of rotatable bonds is 8. The Bertz CT molecular complexity index is 382. The minimum atomic E-state index is 0.515. The summed E-state index contributed by atoms with van der Waals surface area (Å²) in [5.74, 6) is 1.40. The highest BCUT2D eigenvalue weighted by atomic mass is 35.5. The Kier molecular flexibility index (Phi) is 7.59. The fourth-order valence-corrected chi connectivity index (χ4v) is 2.07. The Hall–Kier alpha value is -0.440. The third-order valence-corrected chi connectivity index (χ3v) is 3.47. The molecule has 1 atom stereocenters. The predicted octanol–water partition coefficient (Wildman–Crippen LogP) is 4.79. The number of nitrogens with one attached hydrogen (secondary N) is 1. The van der Waals surface area contributed by atoms with E-state index in [1.54, 1.807) is 18.2 Å². The molecule has 1 aromatic carbocycles. The van der Waals surface area contributed by atoms with Crippen molar-refractivity contribution in [1.29, 1.82) is 0 Å². The molecule has 0 aliphatic carbocycles. The van der Waals surface area contributed by atoms with Crippen molar-refractivity contribution in [2.24, 2.45) is 5.92 Å². The Balaban J connectivity index is 2.21. The Morgan fingerprint density at radius 3 is 2.58 bits per heavy atom. The van der Waals surface area contributed by atoms with Gasteiger partial charge in [0.2, 0.25) is 0 Å². The number of hydrogen-bond donors (Lipinski definition) is 1. The topological polar surface area (TPSA) is 21.3 Å². The highest BCUT2D eigenvalue weighted by Crippen LogP contribution is 2.27. The molecule has 0 saturated heterocycles. The van der Waals surface area contributed by atoms with Gasteiger partial charge in [0.15, 0.2) is 0 Å². The van der Waals surface area contributed by atoms with Crippen LogP contribution in [0.3, 0.4) is 0 Å². The molecule has 1 N–H and O–H groups in total. The lowest BCUT2D eigenvalue weighted by Gasteiger charge is -2.15. The Labute approximate surface area is 126 Å². The van der Waals surface area contributed by atoms with Gasteiger partial charge in [-0.15, -0.1) is 0 Å². The lowest BCUT2D eigenvalue weighted by atomic mass is 10.0. The summed E-state index contributed by atoms with van der Waals surface area (Å²) in [4.78, 5) is 0. The van der Waals surface area contributed by atoms with Gasteiger partial charge >= 0.3 is 0 Å². The van der Waals surface area contributed by atoms with E-state index in [4.69, 9.17) is 27.9 Å². The lowest BCUT2D eigenvalue weighted by Crippen LogP contribution is -2.30. The molecule has 0 fully saturated rings. The van der Waals surface area contributed by atoms with Crippen molar-refractivity contribution in [2.45, 2.75) is 39.7 Å². The average molecular weight is 304 g/mol. The molecular formula is C15H23Cl2NO. The van der Waals surface area contributed by atoms with E-state index >= 15 is 0 Å². The summed E-state index contributed by atoms with van der Waals surface area (Å²) in [6.45, 7) is 8.09. The van der Waals surface area contributed by atoms with Gasteiger partial charge in [0.05, 0.1) is 5.02 Å². The minimum Gasteiger partial charge on any atom is -0.491 e. The highest BCUT2D eigenvalue weighted by molar-refractivity contribution is 6.34. The van der Waals surface area contributed by atoms with Crippen LogP contribution in [0, 0.1) is 5.92 Å². The summed E-state index contributed by atoms with van der Waals surface area (Å²) in [6.07, 6.45) is 2.44. The molecule has 0 heterocycles. The first-order chi connectivity index (χ1) is 8.99. The van der Waals surface area contributed by atoms with E-state index in [1.165, 1.54) is 12.8 Å². The van der Waals surface area contributed by atoms with Crippen molar-refractivity contribution < 1.29 is 4.74 Å². The number of hydrogen-bond acceptors (Lipinski definition) is 2. The first kappa shape index (κ1) is 16.6. The molecule has 19 heavy (non-hydrogen) atoms. The van der Waals surface area contributed by atoms with Crippen LogP contribution < -0.4 is 10.1 Å². The third kappa shape index (κ3) is 7.05. The molecular weight excluding hydrogens is 281 g/mol. The maximum absolute atomic E-state index is 6.02. The molecule has 0 aliphatic rings. The van der Waals surface area contributed by atoms with Gasteiger partial charge in [-0.1, -0.05) is 37.0 Å². The van der Waals surface area contributed by atoms with Crippen molar-refractivity contribution in [3.63, 3.8) is 0 Å². The smallest absolute Gasteiger partial charge is 0.139 e. The summed E-state index contributed by atoms with van der Waals surface area (Å²) < 4.78 is 5.61. The summed E-state index contributed by atoms with van der Waals surface area (Å²) in [6, 6.07) is 5.76. The molecule has 0 bridgehead atoms. The maximum atomic E-state index is 6.02. The van der Waals surface area contributed by atoms with Gasteiger partial charge in [-0.05, 0) is 37.8 Å². The van der Waals surface area contributed by atoms with Crippen molar-refractivity contribution in [3.05, 3.63) is 28.2 Å². The molecule has 1 unspecified atom stereocenters. The predicted molar refractivity (Wildman–Crippen MR) is 83.5 cm³/mol. The van der Waals surface area contributed by atoms with Crippen LogP contribution in [0.1, 0.15) is 33.6 Å². The summed E-state index contributed by atoms with van der Waals surface area (Å²) >= 11 is 11.9. The Morgan fingerprint density at radius 1 is 1.16 bits per heavy atom. The monoisotopic (exact) mass is 303 g/mol. The molecule has 108 valence electrons. The molecule has 0 aromatic heterocycles. The molecule has 0 amide bonds. The van der Waals surface area contributed by atoms with E-state index < -0.39 is 0 Å². The van der Waals surface area contributed by atoms with Crippen LogP contribution >= 0.6 is 23.2 Å². The Morgan fingerprint density at radius 2 is 1.89 bits per heavy atom. The third-order valence-electron chi connectivity index (χ3n) is 2.92. The summed E-state index contributed by atoms with van der Waals surface area (Å²) in [5, 5.41) is 4.67. The molecule has 4 heteroatoms. The van der Waals surface area contributed by atoms with Crippen LogP contribution in [0.2, 0.25) is 10.0 Å². The standard InChI is InChI=1S/C15H23Cl2NO/c1-11(2)4-5-12(3)18-8-9-19-15-10-13(16)6-7-14(15)17/h6-7,10-12,18H,4-5,8-9H2,1-3H3. The largest absolute Gasteiger partial charge is 0.491 e. The van der Waals surface area contributed by atoms with Gasteiger partial charge < -0.3 is 10.1 Å². The first-order valence-corrected chi connectivity index (χ1v) is 7.56. The zero-order chi connectivity index (χ0) is 14.3. The van der Waals surface area contributed by atoms with Crippen LogP contribution in [0.5, 0.6) is 5.75 Å². The zero-order valence-corrected chi connectivity index (χ0v) is 13.4. The normalized spacial score (nSPS) is 12.7. The van der Waals surface area contributed by atoms with Crippen LogP contribution in [0.4, 0.5) is 0 Å². The van der Waals surface area contributed by atoms with E-state index in [1.807, 2.05) is 0 Å². The second-order valence-corrected chi connectivity index (χ2v) is 6.09. The number of benzene rings is 1. The van der Waals surface area contributed by atoms with E-state index in [9.17, 15) is 0 Å². The van der Waals surface area contributed by atoms with Gasteiger partial charge in [-0.3, -0.25) is 0 Å². The zero-order valence-electron chi connectivity index (χ0n) is 11.9. The van der Waals surface area contributed by atoms with Crippen molar-refractivity contribution >= 4 is 23.2 Å². The van der Waals surface area contributed by atoms with Crippen molar-refractivity contribution in [3.8, 4) is 5.75 Å². The van der Waals surface area contributed by atoms with Crippen LogP contribution in [-0.2, 0) is 0 Å². The molecule has 1 rings (SSSR count). The van der Waals surface area contributed by atoms with E-state index in [0.29, 0.717) is 28.4 Å². The van der Waals surface area contributed by atoms with Crippen molar-refractivity contribution in [2.75, 3.05) is 13.2 Å². The van der Waals surface area contributed by atoms with Gasteiger partial charge in [-0.2, -0.15) is 0 Å². The SMILES string of the molecule is CC(C)CCC(C)NCCOc1cc(Cl)ccc1Cl. The molecule has 0 spiro atoms. The second kappa shape index (κ2) is 8.68. The van der Waals surface area contributed by atoms with Gasteiger partial charge in [0.25, 0.3) is 0 Å². The minimum absolute atomic E-state index is 0.515. The van der Waals surface area contributed by atoms with Crippen molar-refractivity contribution in [1.82, 2.24) is 5.32 Å². The van der Waals surface area contributed by atoms with E-state index in [0.717, 1.165) is 12.5 Å². The van der Waals surface area contributed by atoms with E-state index in [2.05, 4.69) is 26.1 Å². The van der Waals surface area contributed by atoms with Gasteiger partial charge in [0.1, 0.15) is 12.4 Å². The number of halogens is 2. The molecule has 0 aliphatic heterocycles. The molecule has 1 aromatic rings. The second-order valence-electron chi connectivity index (χ2n) is 5.25. The average Bonchev–Trinajstić information content (AvgIpc) is 2.36. The molecule has 0 radical (unpaired) electrons. The maximum Gasteiger partial charge on any atom is 0.139 e. The molecule has 2 nitrogen and oxygen atoms in total. The van der Waals surface area contributed by atoms with Crippen LogP contribution in [0.25, 0.3) is 0 Å². The van der Waals surface area contributed by atoms with E-state index in [-0.39, 0.29) is 0 Å². The van der Waals surface area contributed by atoms with Gasteiger partial charge in [0, 0.05) is 23.7 Å². The van der Waals surface area contributed by atoms with Crippen LogP contribution in [0.15, 0.2) is 18.2 Å². The fourth-order valence-electron chi connectivity index (χ4n) is 1.74. The molecule has 0 saturated carbocycles. The fraction of sp³-hybridized carbons (Fsp3) is 0.600.